The Kier molecular flexibility index (Phi) is 6.06. The zero-order chi connectivity index (χ0) is 16.0. The molecule has 1 rings (SSSR count). The van der Waals surface area contributed by atoms with Crippen LogP contribution in [-0.2, 0) is 10.0 Å². The molecule has 8 nitrogen and oxygen atoms in total. The first-order valence-corrected chi connectivity index (χ1v) is 7.80. The third-order valence-electron chi connectivity index (χ3n) is 2.78. The van der Waals surface area contributed by atoms with Crippen LogP contribution in [0.5, 0.6) is 5.75 Å². The number of nitrogens with zero attached hydrogens (tertiary/aromatic N) is 1. The van der Waals surface area contributed by atoms with E-state index < -0.39 is 21.1 Å². The second-order valence-corrected chi connectivity index (χ2v) is 6.12. The molecule has 0 saturated carbocycles. The highest BCUT2D eigenvalue weighted by molar-refractivity contribution is 7.89. The first-order valence-electron chi connectivity index (χ1n) is 6.32. The van der Waals surface area contributed by atoms with Gasteiger partial charge in [-0.1, -0.05) is 13.3 Å². The van der Waals surface area contributed by atoms with E-state index in [1.54, 1.807) is 0 Å². The molecule has 1 aromatic rings. The standard InChI is InChI=1S/C12H18N2O6S/c1-3-4-10(15)8-13-21(18,19)12-7-9(14(16)17)5-6-11(12)20-2/h5-7,10,13,15H,3-4,8H2,1-2H3. The number of hydrogen-bond donors (Lipinski definition) is 2. The van der Waals surface area contributed by atoms with Crippen LogP contribution < -0.4 is 9.46 Å². The lowest BCUT2D eigenvalue weighted by Gasteiger charge is -2.13. The summed E-state index contributed by atoms with van der Waals surface area (Å²) in [6, 6.07) is 3.30. The monoisotopic (exact) mass is 318 g/mol. The largest absolute Gasteiger partial charge is 0.495 e. The summed E-state index contributed by atoms with van der Waals surface area (Å²) in [7, 11) is -2.74. The molecule has 0 amide bonds. The lowest BCUT2D eigenvalue weighted by Crippen LogP contribution is -2.32. The van der Waals surface area contributed by atoms with Gasteiger partial charge in [0.15, 0.2) is 0 Å². The van der Waals surface area contributed by atoms with Crippen LogP contribution in [0.2, 0.25) is 0 Å². The maximum absolute atomic E-state index is 12.2. The summed E-state index contributed by atoms with van der Waals surface area (Å²) >= 11 is 0. The number of nitrogens with one attached hydrogen (secondary N) is 1. The lowest BCUT2D eigenvalue weighted by atomic mass is 10.2. The molecule has 0 saturated heterocycles. The van der Waals surface area contributed by atoms with Crippen molar-refractivity contribution in [2.24, 2.45) is 0 Å². The van der Waals surface area contributed by atoms with E-state index >= 15 is 0 Å². The molecule has 0 aliphatic carbocycles. The molecule has 0 fully saturated rings. The summed E-state index contributed by atoms with van der Waals surface area (Å²) in [6.45, 7) is 1.70. The quantitative estimate of drug-likeness (QED) is 0.546. The fraction of sp³-hybridized carbons (Fsp3) is 0.500. The Hall–Kier alpha value is -1.71. The van der Waals surface area contributed by atoms with Gasteiger partial charge in [0.05, 0.1) is 18.1 Å². The molecule has 0 aliphatic heterocycles. The number of ether oxygens (including phenoxy) is 1. The molecule has 1 unspecified atom stereocenters. The van der Waals surface area contributed by atoms with Crippen molar-refractivity contribution in [1.82, 2.24) is 4.72 Å². The second kappa shape index (κ2) is 7.34. The van der Waals surface area contributed by atoms with E-state index in [1.807, 2.05) is 6.92 Å². The van der Waals surface area contributed by atoms with Crippen LogP contribution in [0, 0.1) is 10.1 Å². The summed E-state index contributed by atoms with van der Waals surface area (Å²) < 4.78 is 31.5. The molecule has 0 heterocycles. The average Bonchev–Trinajstić information content (AvgIpc) is 2.44. The normalized spacial score (nSPS) is 12.9. The average molecular weight is 318 g/mol. The van der Waals surface area contributed by atoms with Crippen LogP contribution >= 0.6 is 0 Å². The molecule has 118 valence electrons. The molecule has 21 heavy (non-hydrogen) atoms. The van der Waals surface area contributed by atoms with Crippen LogP contribution in [0.1, 0.15) is 19.8 Å². The molecular weight excluding hydrogens is 300 g/mol. The Morgan fingerprint density at radius 1 is 1.48 bits per heavy atom. The van der Waals surface area contributed by atoms with Crippen LogP contribution in [0.15, 0.2) is 23.1 Å². The minimum Gasteiger partial charge on any atom is -0.495 e. The number of nitro groups is 1. The minimum atomic E-state index is -4.01. The van der Waals surface area contributed by atoms with Gasteiger partial charge in [-0.2, -0.15) is 0 Å². The van der Waals surface area contributed by atoms with Gasteiger partial charge in [-0.3, -0.25) is 10.1 Å². The third-order valence-corrected chi connectivity index (χ3v) is 4.22. The van der Waals surface area contributed by atoms with E-state index in [9.17, 15) is 23.6 Å². The van der Waals surface area contributed by atoms with Gasteiger partial charge in [0.25, 0.3) is 5.69 Å². The predicted molar refractivity (Wildman–Crippen MR) is 75.8 cm³/mol. The number of aliphatic hydroxyl groups excluding tert-OH is 1. The van der Waals surface area contributed by atoms with E-state index in [4.69, 9.17) is 4.74 Å². The zero-order valence-corrected chi connectivity index (χ0v) is 12.6. The number of methoxy groups -OCH3 is 1. The Morgan fingerprint density at radius 2 is 2.14 bits per heavy atom. The molecule has 0 aliphatic rings. The van der Waals surface area contributed by atoms with E-state index in [-0.39, 0.29) is 22.9 Å². The van der Waals surface area contributed by atoms with Crippen LogP contribution in [0.25, 0.3) is 0 Å². The summed E-state index contributed by atoms with van der Waals surface area (Å²) in [6.07, 6.45) is 0.354. The van der Waals surface area contributed by atoms with Gasteiger partial charge in [0.1, 0.15) is 10.6 Å². The summed E-state index contributed by atoms with van der Waals surface area (Å²) in [5, 5.41) is 20.3. The third kappa shape index (κ3) is 4.66. The zero-order valence-electron chi connectivity index (χ0n) is 11.8. The predicted octanol–water partition coefficient (Wildman–Crippen LogP) is 1.04. The van der Waals surface area contributed by atoms with Crippen molar-refractivity contribution in [3.8, 4) is 5.75 Å². The molecule has 0 spiro atoms. The summed E-state index contributed by atoms with van der Waals surface area (Å²) in [5.74, 6) is -0.00178. The Bertz CT molecular complexity index is 602. The highest BCUT2D eigenvalue weighted by Crippen LogP contribution is 2.27. The molecule has 2 N–H and O–H groups in total. The number of benzene rings is 1. The van der Waals surface area contributed by atoms with Gasteiger partial charge in [0, 0.05) is 18.7 Å². The Balaban J connectivity index is 3.05. The van der Waals surface area contributed by atoms with Gasteiger partial charge >= 0.3 is 0 Å². The van der Waals surface area contributed by atoms with Crippen molar-refractivity contribution >= 4 is 15.7 Å². The molecule has 1 aromatic carbocycles. The Morgan fingerprint density at radius 3 is 2.67 bits per heavy atom. The maximum atomic E-state index is 12.2. The maximum Gasteiger partial charge on any atom is 0.271 e. The Labute approximate surface area is 122 Å². The number of aliphatic hydroxyl groups is 1. The first kappa shape index (κ1) is 17.3. The van der Waals surface area contributed by atoms with Crippen molar-refractivity contribution in [3.63, 3.8) is 0 Å². The van der Waals surface area contributed by atoms with Crippen molar-refractivity contribution in [3.05, 3.63) is 28.3 Å². The number of non-ortho nitro benzene ring substituents is 1. The van der Waals surface area contributed by atoms with Crippen molar-refractivity contribution in [2.45, 2.75) is 30.8 Å². The van der Waals surface area contributed by atoms with Crippen molar-refractivity contribution in [2.75, 3.05) is 13.7 Å². The van der Waals surface area contributed by atoms with Crippen molar-refractivity contribution < 1.29 is 23.2 Å². The summed E-state index contributed by atoms with van der Waals surface area (Å²) in [5.41, 5.74) is -0.356. The number of rotatable bonds is 8. The van der Waals surface area contributed by atoms with Crippen LogP contribution in [0.3, 0.4) is 0 Å². The van der Waals surface area contributed by atoms with Gasteiger partial charge in [-0.15, -0.1) is 0 Å². The van der Waals surface area contributed by atoms with Gasteiger partial charge < -0.3 is 9.84 Å². The van der Waals surface area contributed by atoms with E-state index in [2.05, 4.69) is 4.72 Å². The van der Waals surface area contributed by atoms with Gasteiger partial charge in [-0.05, 0) is 12.5 Å². The SMILES string of the molecule is CCCC(O)CNS(=O)(=O)c1cc([N+](=O)[O-])ccc1OC. The molecule has 0 radical (unpaired) electrons. The number of nitro benzene ring substituents is 1. The molecular formula is C12H18N2O6S. The second-order valence-electron chi connectivity index (χ2n) is 4.39. The minimum absolute atomic E-state index is 0.00178. The van der Waals surface area contributed by atoms with E-state index in [0.717, 1.165) is 12.1 Å². The molecule has 0 aromatic heterocycles. The van der Waals surface area contributed by atoms with Gasteiger partial charge in [0.2, 0.25) is 10.0 Å². The highest BCUT2D eigenvalue weighted by atomic mass is 32.2. The smallest absolute Gasteiger partial charge is 0.271 e. The summed E-state index contributed by atoms with van der Waals surface area (Å²) in [4.78, 5) is 9.72. The number of sulfonamides is 1. The van der Waals surface area contributed by atoms with E-state index in [0.29, 0.717) is 12.8 Å². The lowest BCUT2D eigenvalue weighted by molar-refractivity contribution is -0.385. The molecule has 0 bridgehead atoms. The molecule has 9 heteroatoms. The number of hydrogen-bond acceptors (Lipinski definition) is 6. The van der Waals surface area contributed by atoms with Crippen molar-refractivity contribution in [1.29, 1.82) is 0 Å². The van der Waals surface area contributed by atoms with Crippen LogP contribution in [0.4, 0.5) is 5.69 Å². The first-order chi connectivity index (χ1) is 9.81. The highest BCUT2D eigenvalue weighted by Gasteiger charge is 2.23. The van der Waals surface area contributed by atoms with Gasteiger partial charge in [-0.25, -0.2) is 13.1 Å². The molecule has 1 atom stereocenters. The van der Waals surface area contributed by atoms with Crippen LogP contribution in [-0.4, -0.2) is 38.2 Å². The fourth-order valence-electron chi connectivity index (χ4n) is 1.71. The fourth-order valence-corrected chi connectivity index (χ4v) is 2.97. The van der Waals surface area contributed by atoms with E-state index in [1.165, 1.54) is 13.2 Å². The topological polar surface area (TPSA) is 119 Å².